The van der Waals surface area contributed by atoms with Crippen LogP contribution in [0, 0.1) is 11.7 Å². The summed E-state index contributed by atoms with van der Waals surface area (Å²) in [6.07, 6.45) is 1.20. The summed E-state index contributed by atoms with van der Waals surface area (Å²) in [5.74, 6) is -0.532. The fourth-order valence-electron chi connectivity index (χ4n) is 2.21. The van der Waals surface area contributed by atoms with Gasteiger partial charge in [0, 0.05) is 18.1 Å². The Morgan fingerprint density at radius 3 is 2.78 bits per heavy atom. The van der Waals surface area contributed by atoms with Gasteiger partial charge in [0.05, 0.1) is 11.7 Å². The van der Waals surface area contributed by atoms with Crippen LogP contribution in [-0.2, 0) is 0 Å². The third kappa shape index (κ3) is 2.72. The van der Waals surface area contributed by atoms with E-state index in [2.05, 4.69) is 15.9 Å². The molecule has 0 heterocycles. The SMILES string of the molecule is CN(CC1CC(O)C1)C(=O)c1c(F)cccc1Br. The Balaban J connectivity index is 2.06. The first-order valence-corrected chi connectivity index (χ1v) is 6.66. The van der Waals surface area contributed by atoms with Gasteiger partial charge in [0.2, 0.25) is 0 Å². The second-order valence-electron chi connectivity index (χ2n) is 4.77. The molecule has 1 aromatic carbocycles. The van der Waals surface area contributed by atoms with Crippen LogP contribution in [-0.4, -0.2) is 35.6 Å². The Bertz CT molecular complexity index is 440. The molecule has 1 aliphatic rings. The Kier molecular flexibility index (Phi) is 4.02. The molecule has 0 radical (unpaired) electrons. The van der Waals surface area contributed by atoms with Crippen molar-refractivity contribution in [2.45, 2.75) is 18.9 Å². The first-order valence-electron chi connectivity index (χ1n) is 5.86. The predicted molar refractivity (Wildman–Crippen MR) is 69.8 cm³/mol. The van der Waals surface area contributed by atoms with Gasteiger partial charge in [-0.1, -0.05) is 6.07 Å². The van der Waals surface area contributed by atoms with Gasteiger partial charge in [-0.05, 0) is 46.8 Å². The van der Waals surface area contributed by atoms with E-state index in [0.29, 0.717) is 16.9 Å². The molecule has 98 valence electrons. The van der Waals surface area contributed by atoms with Crippen LogP contribution in [0.4, 0.5) is 4.39 Å². The van der Waals surface area contributed by atoms with Crippen LogP contribution in [0.25, 0.3) is 0 Å². The summed E-state index contributed by atoms with van der Waals surface area (Å²) in [6.45, 7) is 0.552. The average Bonchev–Trinajstić information content (AvgIpc) is 2.26. The molecule has 0 spiro atoms. The lowest BCUT2D eigenvalue weighted by Gasteiger charge is -2.34. The number of carbonyl (C=O) groups excluding carboxylic acids is 1. The zero-order chi connectivity index (χ0) is 13.3. The normalized spacial score (nSPS) is 22.4. The molecule has 0 aromatic heterocycles. The Labute approximate surface area is 114 Å². The molecule has 0 unspecified atom stereocenters. The maximum absolute atomic E-state index is 13.6. The summed E-state index contributed by atoms with van der Waals surface area (Å²) < 4.78 is 14.1. The highest BCUT2D eigenvalue weighted by Gasteiger charge is 2.30. The number of halogens is 2. The van der Waals surface area contributed by atoms with E-state index < -0.39 is 5.82 Å². The van der Waals surface area contributed by atoms with E-state index in [-0.39, 0.29) is 17.6 Å². The maximum Gasteiger partial charge on any atom is 0.257 e. The molecule has 3 nitrogen and oxygen atoms in total. The van der Waals surface area contributed by atoms with E-state index in [1.54, 1.807) is 19.2 Å². The Morgan fingerprint density at radius 1 is 1.56 bits per heavy atom. The van der Waals surface area contributed by atoms with E-state index in [1.165, 1.54) is 11.0 Å². The van der Waals surface area contributed by atoms with Crippen molar-refractivity contribution < 1.29 is 14.3 Å². The molecule has 1 fully saturated rings. The van der Waals surface area contributed by atoms with Crippen LogP contribution < -0.4 is 0 Å². The second-order valence-corrected chi connectivity index (χ2v) is 5.63. The monoisotopic (exact) mass is 315 g/mol. The summed E-state index contributed by atoms with van der Waals surface area (Å²) in [5, 5.41) is 9.20. The van der Waals surface area contributed by atoms with Crippen LogP contribution in [0.2, 0.25) is 0 Å². The standard InChI is InChI=1S/C13H15BrFNO2/c1-16(7-8-5-9(17)6-8)13(18)12-10(14)3-2-4-11(12)15/h2-4,8-9,17H,5-7H2,1H3. The highest BCUT2D eigenvalue weighted by atomic mass is 79.9. The van der Waals surface area contributed by atoms with Gasteiger partial charge in [-0.2, -0.15) is 0 Å². The van der Waals surface area contributed by atoms with E-state index in [0.717, 1.165) is 12.8 Å². The predicted octanol–water partition coefficient (Wildman–Crippen LogP) is 2.43. The highest BCUT2D eigenvalue weighted by molar-refractivity contribution is 9.10. The lowest BCUT2D eigenvalue weighted by atomic mass is 9.82. The minimum absolute atomic E-state index is 0.0693. The van der Waals surface area contributed by atoms with Gasteiger partial charge < -0.3 is 10.0 Å². The summed E-state index contributed by atoms with van der Waals surface area (Å²) in [6, 6.07) is 4.48. The molecule has 0 bridgehead atoms. The molecular weight excluding hydrogens is 301 g/mol. The molecule has 1 saturated carbocycles. The van der Waals surface area contributed by atoms with Crippen molar-refractivity contribution in [1.82, 2.24) is 4.90 Å². The van der Waals surface area contributed by atoms with E-state index in [1.807, 2.05) is 0 Å². The number of aliphatic hydroxyl groups is 1. The average molecular weight is 316 g/mol. The zero-order valence-corrected chi connectivity index (χ0v) is 11.7. The second kappa shape index (κ2) is 5.36. The molecule has 1 N–H and O–H groups in total. The molecule has 5 heteroatoms. The van der Waals surface area contributed by atoms with E-state index >= 15 is 0 Å². The third-order valence-electron chi connectivity index (χ3n) is 3.27. The van der Waals surface area contributed by atoms with Gasteiger partial charge in [-0.3, -0.25) is 4.79 Å². The largest absolute Gasteiger partial charge is 0.393 e. The van der Waals surface area contributed by atoms with Gasteiger partial charge >= 0.3 is 0 Å². The fourth-order valence-corrected chi connectivity index (χ4v) is 2.72. The number of hydrogen-bond acceptors (Lipinski definition) is 2. The zero-order valence-electron chi connectivity index (χ0n) is 10.1. The van der Waals surface area contributed by atoms with E-state index in [9.17, 15) is 14.3 Å². The van der Waals surface area contributed by atoms with Crippen molar-refractivity contribution in [3.8, 4) is 0 Å². The van der Waals surface area contributed by atoms with Gasteiger partial charge in [-0.15, -0.1) is 0 Å². The quantitative estimate of drug-likeness (QED) is 0.930. The van der Waals surface area contributed by atoms with Crippen LogP contribution in [0.15, 0.2) is 22.7 Å². The van der Waals surface area contributed by atoms with Crippen molar-refractivity contribution >= 4 is 21.8 Å². The smallest absolute Gasteiger partial charge is 0.257 e. The maximum atomic E-state index is 13.6. The van der Waals surface area contributed by atoms with Crippen molar-refractivity contribution in [2.75, 3.05) is 13.6 Å². The lowest BCUT2D eigenvalue weighted by molar-refractivity contribution is 0.0264. The molecule has 1 amide bonds. The molecule has 1 aromatic rings. The third-order valence-corrected chi connectivity index (χ3v) is 3.93. The number of rotatable bonds is 3. The summed E-state index contributed by atoms with van der Waals surface area (Å²) in [5.41, 5.74) is 0.0693. The molecule has 18 heavy (non-hydrogen) atoms. The molecule has 2 rings (SSSR count). The number of nitrogens with zero attached hydrogens (tertiary/aromatic N) is 1. The van der Waals surface area contributed by atoms with Crippen LogP contribution in [0.3, 0.4) is 0 Å². The number of aliphatic hydroxyl groups excluding tert-OH is 1. The van der Waals surface area contributed by atoms with Crippen LogP contribution in [0.1, 0.15) is 23.2 Å². The van der Waals surface area contributed by atoms with Crippen molar-refractivity contribution in [3.05, 3.63) is 34.1 Å². The summed E-state index contributed by atoms with van der Waals surface area (Å²) in [4.78, 5) is 13.7. The van der Waals surface area contributed by atoms with Crippen molar-refractivity contribution in [2.24, 2.45) is 5.92 Å². The number of benzene rings is 1. The molecule has 0 atom stereocenters. The molecule has 1 aliphatic carbocycles. The minimum atomic E-state index is -0.519. The summed E-state index contributed by atoms with van der Waals surface area (Å²) in [7, 11) is 1.66. The fraction of sp³-hybridized carbons (Fsp3) is 0.462. The Hall–Kier alpha value is -0.940. The number of amides is 1. The van der Waals surface area contributed by atoms with Gasteiger partial charge in [0.1, 0.15) is 5.82 Å². The first-order chi connectivity index (χ1) is 8.49. The molecular formula is C13H15BrFNO2. The lowest BCUT2D eigenvalue weighted by Crippen LogP contribution is -2.39. The van der Waals surface area contributed by atoms with Gasteiger partial charge in [-0.25, -0.2) is 4.39 Å². The minimum Gasteiger partial charge on any atom is -0.393 e. The highest BCUT2D eigenvalue weighted by Crippen LogP contribution is 2.28. The van der Waals surface area contributed by atoms with Gasteiger partial charge in [0.25, 0.3) is 5.91 Å². The topological polar surface area (TPSA) is 40.5 Å². The van der Waals surface area contributed by atoms with Crippen LogP contribution in [0.5, 0.6) is 0 Å². The molecule has 0 saturated heterocycles. The summed E-state index contributed by atoms with van der Waals surface area (Å²) >= 11 is 3.20. The van der Waals surface area contributed by atoms with E-state index in [4.69, 9.17) is 0 Å². The number of hydrogen-bond donors (Lipinski definition) is 1. The first kappa shape index (κ1) is 13.5. The van der Waals surface area contributed by atoms with Crippen molar-refractivity contribution in [3.63, 3.8) is 0 Å². The van der Waals surface area contributed by atoms with Crippen LogP contribution >= 0.6 is 15.9 Å². The van der Waals surface area contributed by atoms with Gasteiger partial charge in [0.15, 0.2) is 0 Å². The Morgan fingerprint density at radius 2 is 2.22 bits per heavy atom. The molecule has 0 aliphatic heterocycles. The van der Waals surface area contributed by atoms with Crippen molar-refractivity contribution in [1.29, 1.82) is 0 Å². The number of carbonyl (C=O) groups is 1.